The van der Waals surface area contributed by atoms with Gasteiger partial charge in [-0.05, 0) is 49.1 Å². The van der Waals surface area contributed by atoms with Crippen molar-refractivity contribution in [1.82, 2.24) is 15.1 Å². The summed E-state index contributed by atoms with van der Waals surface area (Å²) in [4.78, 5) is 42.9. The molecule has 0 saturated carbocycles. The van der Waals surface area contributed by atoms with Crippen LogP contribution in [0.1, 0.15) is 33.6 Å². The summed E-state index contributed by atoms with van der Waals surface area (Å²) in [5.41, 5.74) is 1.10. The summed E-state index contributed by atoms with van der Waals surface area (Å²) in [6.45, 7) is 3.08. The molecule has 180 valence electrons. The highest BCUT2D eigenvalue weighted by Gasteiger charge is 2.36. The van der Waals surface area contributed by atoms with Crippen molar-refractivity contribution < 1.29 is 23.9 Å². The smallest absolute Gasteiger partial charge is 0.253 e. The molecule has 8 nitrogen and oxygen atoms in total. The number of benzene rings is 2. The van der Waals surface area contributed by atoms with Crippen LogP contribution in [0.15, 0.2) is 54.6 Å². The number of carbonyl (C=O) groups is 3. The quantitative estimate of drug-likeness (QED) is 0.707. The molecule has 1 N–H and O–H groups in total. The van der Waals surface area contributed by atoms with Crippen molar-refractivity contribution in [3.05, 3.63) is 65.7 Å². The van der Waals surface area contributed by atoms with Gasteiger partial charge in [0.25, 0.3) is 11.8 Å². The Labute approximate surface area is 199 Å². The zero-order chi connectivity index (χ0) is 23.9. The number of rotatable bonds is 6. The molecule has 2 aliphatic rings. The van der Waals surface area contributed by atoms with Gasteiger partial charge in [0.2, 0.25) is 5.91 Å². The van der Waals surface area contributed by atoms with Crippen LogP contribution in [-0.4, -0.2) is 80.1 Å². The number of hydrogen-bond donors (Lipinski definition) is 1. The van der Waals surface area contributed by atoms with Crippen LogP contribution >= 0.6 is 0 Å². The number of methoxy groups -OCH3 is 1. The van der Waals surface area contributed by atoms with E-state index in [0.717, 1.165) is 0 Å². The minimum Gasteiger partial charge on any atom is -0.497 e. The Morgan fingerprint density at radius 3 is 2.26 bits per heavy atom. The molecule has 4 rings (SSSR count). The predicted molar refractivity (Wildman–Crippen MR) is 127 cm³/mol. The van der Waals surface area contributed by atoms with Crippen LogP contribution in [0.5, 0.6) is 5.75 Å². The van der Waals surface area contributed by atoms with Gasteiger partial charge in [-0.15, -0.1) is 0 Å². The normalized spacial score (nSPS) is 17.7. The number of hydrogen-bond acceptors (Lipinski definition) is 5. The Kier molecular flexibility index (Phi) is 7.80. The van der Waals surface area contributed by atoms with E-state index in [9.17, 15) is 14.4 Å². The molecule has 0 unspecified atom stereocenters. The largest absolute Gasteiger partial charge is 0.497 e. The van der Waals surface area contributed by atoms with E-state index in [1.165, 1.54) is 0 Å². The molecule has 2 aromatic carbocycles. The van der Waals surface area contributed by atoms with E-state index in [1.54, 1.807) is 65.4 Å². The maximum Gasteiger partial charge on any atom is 0.253 e. The van der Waals surface area contributed by atoms with Gasteiger partial charge in [0.05, 0.1) is 20.3 Å². The van der Waals surface area contributed by atoms with Gasteiger partial charge in [0.1, 0.15) is 11.8 Å². The van der Waals surface area contributed by atoms with Gasteiger partial charge in [0.15, 0.2) is 0 Å². The number of morpholine rings is 1. The topological polar surface area (TPSA) is 88.2 Å². The lowest BCUT2D eigenvalue weighted by atomic mass is 9.87. The van der Waals surface area contributed by atoms with Gasteiger partial charge in [-0.2, -0.15) is 0 Å². The molecule has 1 atom stereocenters. The van der Waals surface area contributed by atoms with Gasteiger partial charge in [0, 0.05) is 37.3 Å². The van der Waals surface area contributed by atoms with E-state index in [0.29, 0.717) is 69.1 Å². The van der Waals surface area contributed by atoms with Crippen LogP contribution in [0, 0.1) is 5.92 Å². The molecule has 0 aromatic heterocycles. The first-order valence-electron chi connectivity index (χ1n) is 11.7. The van der Waals surface area contributed by atoms with Gasteiger partial charge < -0.3 is 24.6 Å². The Hall–Kier alpha value is -3.39. The lowest BCUT2D eigenvalue weighted by Gasteiger charge is -2.38. The first-order chi connectivity index (χ1) is 16.6. The molecule has 2 fully saturated rings. The van der Waals surface area contributed by atoms with Crippen LogP contribution in [-0.2, 0) is 9.53 Å². The Morgan fingerprint density at radius 1 is 0.912 bits per heavy atom. The lowest BCUT2D eigenvalue weighted by molar-refractivity contribution is -0.139. The number of nitrogens with one attached hydrogen (secondary N) is 1. The minimum atomic E-state index is -0.639. The van der Waals surface area contributed by atoms with Crippen molar-refractivity contribution in [2.24, 2.45) is 5.92 Å². The molecule has 3 amide bonds. The van der Waals surface area contributed by atoms with Crippen molar-refractivity contribution in [3.63, 3.8) is 0 Å². The zero-order valence-corrected chi connectivity index (χ0v) is 19.4. The SMILES string of the molecule is COc1cccc(C(=O)N2CCC([C@H](NC(=O)c3ccccc3)C(=O)N3CCOCC3)CC2)c1. The summed E-state index contributed by atoms with van der Waals surface area (Å²) in [5.74, 6) is 0.187. The predicted octanol–water partition coefficient (Wildman–Crippen LogP) is 2.20. The molecule has 0 radical (unpaired) electrons. The molecule has 2 heterocycles. The van der Waals surface area contributed by atoms with Crippen molar-refractivity contribution in [2.75, 3.05) is 46.5 Å². The summed E-state index contributed by atoms with van der Waals surface area (Å²) < 4.78 is 10.6. The zero-order valence-electron chi connectivity index (χ0n) is 19.4. The standard InChI is InChI=1S/C26H31N3O5/c1-33-22-9-5-8-21(18-22)25(31)28-12-10-19(11-13-28)23(26(32)29-14-16-34-17-15-29)27-24(30)20-6-3-2-4-7-20/h2-9,18-19,23H,10-17H2,1H3,(H,27,30)/t23-/m0/s1. The maximum atomic E-state index is 13.4. The Bertz CT molecular complexity index is 999. The van der Waals surface area contributed by atoms with Crippen LogP contribution < -0.4 is 10.1 Å². The number of likely N-dealkylation sites (tertiary alicyclic amines) is 1. The third kappa shape index (κ3) is 5.56. The van der Waals surface area contributed by atoms with E-state index in [-0.39, 0.29) is 23.6 Å². The number of amides is 3. The molecule has 0 aliphatic carbocycles. The minimum absolute atomic E-state index is 0.0540. The number of ether oxygens (including phenoxy) is 2. The highest BCUT2D eigenvalue weighted by molar-refractivity contribution is 5.98. The van der Waals surface area contributed by atoms with Gasteiger partial charge in [-0.25, -0.2) is 0 Å². The molecule has 2 saturated heterocycles. The average Bonchev–Trinajstić information content (AvgIpc) is 2.92. The van der Waals surface area contributed by atoms with E-state index in [2.05, 4.69) is 5.32 Å². The average molecular weight is 466 g/mol. The number of nitrogens with zero attached hydrogens (tertiary/aromatic N) is 2. The Balaban J connectivity index is 1.45. The van der Waals surface area contributed by atoms with Crippen LogP contribution in [0.4, 0.5) is 0 Å². The second-order valence-electron chi connectivity index (χ2n) is 8.62. The summed E-state index contributed by atoms with van der Waals surface area (Å²) in [5, 5.41) is 3.00. The molecule has 0 spiro atoms. The fraction of sp³-hybridized carbons (Fsp3) is 0.423. The van der Waals surface area contributed by atoms with E-state index in [4.69, 9.17) is 9.47 Å². The van der Waals surface area contributed by atoms with Crippen LogP contribution in [0.3, 0.4) is 0 Å². The molecular formula is C26H31N3O5. The third-order valence-corrected chi connectivity index (χ3v) is 6.53. The van der Waals surface area contributed by atoms with Crippen molar-refractivity contribution in [2.45, 2.75) is 18.9 Å². The van der Waals surface area contributed by atoms with E-state index < -0.39 is 6.04 Å². The number of piperidine rings is 1. The van der Waals surface area contributed by atoms with Crippen molar-refractivity contribution in [3.8, 4) is 5.75 Å². The van der Waals surface area contributed by atoms with Crippen molar-refractivity contribution in [1.29, 1.82) is 0 Å². The van der Waals surface area contributed by atoms with Gasteiger partial charge >= 0.3 is 0 Å². The summed E-state index contributed by atoms with van der Waals surface area (Å²) in [6.07, 6.45) is 1.26. The van der Waals surface area contributed by atoms with E-state index >= 15 is 0 Å². The highest BCUT2D eigenvalue weighted by atomic mass is 16.5. The monoisotopic (exact) mass is 465 g/mol. The second-order valence-corrected chi connectivity index (χ2v) is 8.62. The molecule has 0 bridgehead atoms. The maximum absolute atomic E-state index is 13.4. The molecular weight excluding hydrogens is 434 g/mol. The second kappa shape index (κ2) is 11.2. The van der Waals surface area contributed by atoms with Gasteiger partial charge in [-0.1, -0.05) is 24.3 Å². The molecule has 8 heteroatoms. The summed E-state index contributed by atoms with van der Waals surface area (Å²) in [6, 6.07) is 15.4. The fourth-order valence-electron chi connectivity index (χ4n) is 4.55. The molecule has 34 heavy (non-hydrogen) atoms. The Morgan fingerprint density at radius 2 is 1.59 bits per heavy atom. The fourth-order valence-corrected chi connectivity index (χ4v) is 4.55. The van der Waals surface area contributed by atoms with Crippen LogP contribution in [0.2, 0.25) is 0 Å². The first-order valence-corrected chi connectivity index (χ1v) is 11.7. The highest BCUT2D eigenvalue weighted by Crippen LogP contribution is 2.25. The third-order valence-electron chi connectivity index (χ3n) is 6.53. The lowest BCUT2D eigenvalue weighted by Crippen LogP contribution is -2.56. The van der Waals surface area contributed by atoms with E-state index in [1.807, 2.05) is 6.07 Å². The first kappa shape index (κ1) is 23.8. The van der Waals surface area contributed by atoms with Crippen LogP contribution in [0.25, 0.3) is 0 Å². The summed E-state index contributed by atoms with van der Waals surface area (Å²) >= 11 is 0. The molecule has 2 aliphatic heterocycles. The summed E-state index contributed by atoms with van der Waals surface area (Å²) in [7, 11) is 1.57. The molecule has 2 aromatic rings. The van der Waals surface area contributed by atoms with Crippen molar-refractivity contribution >= 4 is 17.7 Å². The number of carbonyl (C=O) groups excluding carboxylic acids is 3. The van der Waals surface area contributed by atoms with Gasteiger partial charge in [-0.3, -0.25) is 14.4 Å².